The molecule has 0 fully saturated rings. The molecule has 0 radical (unpaired) electrons. The minimum atomic E-state index is -0.175. The molecule has 1 heterocycles. The van der Waals surface area contributed by atoms with E-state index in [9.17, 15) is 4.79 Å². The average Bonchev–Trinajstić information content (AvgIpc) is 2.81. The van der Waals surface area contributed by atoms with Crippen LogP contribution in [0, 0.1) is 5.92 Å². The lowest BCUT2D eigenvalue weighted by molar-refractivity contribution is -0.123. The molecule has 1 aliphatic rings. The molecule has 2 rings (SSSR count). The summed E-state index contributed by atoms with van der Waals surface area (Å²) in [6.45, 7) is 4.59. The SMILES string of the molecule is CC(CBr)C(C)NC(=O)C1COc2ccccc21. The third-order valence-electron chi connectivity index (χ3n) is 3.48. The third kappa shape index (κ3) is 2.69. The molecule has 1 amide bonds. The molecule has 18 heavy (non-hydrogen) atoms. The van der Waals surface area contributed by atoms with Crippen molar-refractivity contribution < 1.29 is 9.53 Å². The lowest BCUT2D eigenvalue weighted by Gasteiger charge is -2.21. The van der Waals surface area contributed by atoms with Gasteiger partial charge in [-0.1, -0.05) is 41.1 Å². The maximum Gasteiger partial charge on any atom is 0.231 e. The first-order chi connectivity index (χ1) is 8.63. The van der Waals surface area contributed by atoms with E-state index in [1.54, 1.807) is 0 Å². The molecule has 3 nitrogen and oxygen atoms in total. The summed E-state index contributed by atoms with van der Waals surface area (Å²) in [6, 6.07) is 7.90. The van der Waals surface area contributed by atoms with Crippen LogP contribution in [0.25, 0.3) is 0 Å². The number of ether oxygens (including phenoxy) is 1. The monoisotopic (exact) mass is 311 g/mol. The van der Waals surface area contributed by atoms with Crippen LogP contribution >= 0.6 is 15.9 Å². The van der Waals surface area contributed by atoms with Crippen molar-refractivity contribution in [3.63, 3.8) is 0 Å². The standard InChI is InChI=1S/C14H18BrNO2/c1-9(7-15)10(2)16-14(17)12-8-18-13-6-4-3-5-11(12)13/h3-6,9-10,12H,7-8H2,1-2H3,(H,16,17). The largest absolute Gasteiger partial charge is 0.492 e. The fourth-order valence-corrected chi connectivity index (χ4v) is 2.54. The van der Waals surface area contributed by atoms with Gasteiger partial charge in [-0.05, 0) is 18.9 Å². The van der Waals surface area contributed by atoms with Gasteiger partial charge in [0, 0.05) is 16.9 Å². The Balaban J connectivity index is 2.03. The Bertz CT molecular complexity index is 436. The minimum absolute atomic E-state index is 0.0558. The quantitative estimate of drug-likeness (QED) is 0.868. The molecule has 1 aromatic carbocycles. The van der Waals surface area contributed by atoms with Crippen LogP contribution < -0.4 is 10.1 Å². The summed E-state index contributed by atoms with van der Waals surface area (Å²) < 4.78 is 5.53. The molecule has 1 aliphatic heterocycles. The molecule has 3 atom stereocenters. The van der Waals surface area contributed by atoms with E-state index in [1.165, 1.54) is 0 Å². The number of hydrogen-bond acceptors (Lipinski definition) is 2. The van der Waals surface area contributed by atoms with Gasteiger partial charge in [0.2, 0.25) is 5.91 Å². The van der Waals surface area contributed by atoms with Gasteiger partial charge in [0.05, 0.1) is 0 Å². The van der Waals surface area contributed by atoms with E-state index in [2.05, 4.69) is 28.2 Å². The summed E-state index contributed by atoms with van der Waals surface area (Å²) in [6.07, 6.45) is 0. The van der Waals surface area contributed by atoms with E-state index in [0.717, 1.165) is 16.6 Å². The van der Waals surface area contributed by atoms with Crippen molar-refractivity contribution in [2.24, 2.45) is 5.92 Å². The lowest BCUT2D eigenvalue weighted by atomic mass is 9.99. The van der Waals surface area contributed by atoms with Crippen LogP contribution in [0.15, 0.2) is 24.3 Å². The highest BCUT2D eigenvalue weighted by atomic mass is 79.9. The second-order valence-electron chi connectivity index (χ2n) is 4.83. The van der Waals surface area contributed by atoms with Crippen molar-refractivity contribution in [2.75, 3.05) is 11.9 Å². The smallest absolute Gasteiger partial charge is 0.231 e. The maximum absolute atomic E-state index is 12.2. The number of carbonyl (C=O) groups excluding carboxylic acids is 1. The minimum Gasteiger partial charge on any atom is -0.492 e. The van der Waals surface area contributed by atoms with Gasteiger partial charge in [0.15, 0.2) is 0 Å². The molecule has 3 unspecified atom stereocenters. The Morgan fingerprint density at radius 1 is 1.50 bits per heavy atom. The number of alkyl halides is 1. The fraction of sp³-hybridized carbons (Fsp3) is 0.500. The summed E-state index contributed by atoms with van der Waals surface area (Å²) in [7, 11) is 0. The normalized spacial score (nSPS) is 20.7. The summed E-state index contributed by atoms with van der Waals surface area (Å²) in [5.74, 6) is 1.12. The van der Waals surface area contributed by atoms with Gasteiger partial charge < -0.3 is 10.1 Å². The molecule has 98 valence electrons. The number of amides is 1. The lowest BCUT2D eigenvalue weighted by Crippen LogP contribution is -2.40. The zero-order chi connectivity index (χ0) is 13.1. The van der Waals surface area contributed by atoms with Gasteiger partial charge in [-0.3, -0.25) is 4.79 Å². The van der Waals surface area contributed by atoms with Crippen LogP contribution in [0.5, 0.6) is 5.75 Å². The predicted octanol–water partition coefficient (Wildman–Crippen LogP) is 2.70. The average molecular weight is 312 g/mol. The van der Waals surface area contributed by atoms with Gasteiger partial charge >= 0.3 is 0 Å². The van der Waals surface area contributed by atoms with Crippen molar-refractivity contribution >= 4 is 21.8 Å². The first-order valence-electron chi connectivity index (χ1n) is 6.21. The summed E-state index contributed by atoms with van der Waals surface area (Å²) >= 11 is 3.44. The number of rotatable bonds is 4. The Hall–Kier alpha value is -1.03. The number of carbonyl (C=O) groups is 1. The Labute approximate surface area is 116 Å². The first-order valence-corrected chi connectivity index (χ1v) is 7.33. The fourth-order valence-electron chi connectivity index (χ4n) is 1.98. The van der Waals surface area contributed by atoms with Crippen molar-refractivity contribution in [3.05, 3.63) is 29.8 Å². The van der Waals surface area contributed by atoms with E-state index >= 15 is 0 Å². The number of halogens is 1. The molecule has 0 saturated carbocycles. The molecule has 0 aromatic heterocycles. The molecular weight excluding hydrogens is 294 g/mol. The van der Waals surface area contributed by atoms with Crippen LogP contribution in [0.2, 0.25) is 0 Å². The van der Waals surface area contributed by atoms with Gasteiger partial charge in [0.25, 0.3) is 0 Å². The van der Waals surface area contributed by atoms with Gasteiger partial charge in [-0.25, -0.2) is 0 Å². The molecule has 1 aromatic rings. The summed E-state index contributed by atoms with van der Waals surface area (Å²) in [5, 5.41) is 3.95. The van der Waals surface area contributed by atoms with Crippen molar-refractivity contribution in [2.45, 2.75) is 25.8 Å². The van der Waals surface area contributed by atoms with E-state index in [1.807, 2.05) is 31.2 Å². The van der Waals surface area contributed by atoms with Crippen LogP contribution in [-0.2, 0) is 4.79 Å². The van der Waals surface area contributed by atoms with Crippen molar-refractivity contribution in [1.82, 2.24) is 5.32 Å². The maximum atomic E-state index is 12.2. The summed E-state index contributed by atoms with van der Waals surface area (Å²) in [4.78, 5) is 12.2. The van der Waals surface area contributed by atoms with Crippen LogP contribution in [0.3, 0.4) is 0 Å². The number of nitrogens with one attached hydrogen (secondary N) is 1. The van der Waals surface area contributed by atoms with E-state index < -0.39 is 0 Å². The predicted molar refractivity (Wildman–Crippen MR) is 75.2 cm³/mol. The first kappa shape index (κ1) is 13.4. The van der Waals surface area contributed by atoms with E-state index in [0.29, 0.717) is 12.5 Å². The Morgan fingerprint density at radius 2 is 2.22 bits per heavy atom. The van der Waals surface area contributed by atoms with Crippen LogP contribution in [-0.4, -0.2) is 23.9 Å². The molecule has 0 bridgehead atoms. The zero-order valence-electron chi connectivity index (χ0n) is 10.7. The van der Waals surface area contributed by atoms with Crippen LogP contribution in [0.1, 0.15) is 25.3 Å². The van der Waals surface area contributed by atoms with Crippen LogP contribution in [0.4, 0.5) is 0 Å². The van der Waals surface area contributed by atoms with Gasteiger partial charge in [-0.15, -0.1) is 0 Å². The summed E-state index contributed by atoms with van der Waals surface area (Å²) in [5.41, 5.74) is 0.994. The second kappa shape index (κ2) is 5.74. The molecule has 0 saturated heterocycles. The third-order valence-corrected chi connectivity index (χ3v) is 4.50. The molecule has 1 N–H and O–H groups in total. The van der Waals surface area contributed by atoms with Crippen molar-refractivity contribution in [1.29, 1.82) is 0 Å². The highest BCUT2D eigenvalue weighted by molar-refractivity contribution is 9.09. The van der Waals surface area contributed by atoms with E-state index in [4.69, 9.17) is 4.74 Å². The molecule has 0 spiro atoms. The molecule has 0 aliphatic carbocycles. The van der Waals surface area contributed by atoms with Crippen molar-refractivity contribution in [3.8, 4) is 5.75 Å². The highest BCUT2D eigenvalue weighted by Crippen LogP contribution is 2.33. The van der Waals surface area contributed by atoms with Gasteiger partial charge in [-0.2, -0.15) is 0 Å². The van der Waals surface area contributed by atoms with Gasteiger partial charge in [0.1, 0.15) is 18.3 Å². The zero-order valence-corrected chi connectivity index (χ0v) is 12.2. The topological polar surface area (TPSA) is 38.3 Å². The second-order valence-corrected chi connectivity index (χ2v) is 5.48. The number of benzene rings is 1. The molecule has 4 heteroatoms. The Kier molecular flexibility index (Phi) is 4.27. The molecular formula is C14H18BrNO2. The number of fused-ring (bicyclic) bond motifs is 1. The highest BCUT2D eigenvalue weighted by Gasteiger charge is 2.31. The van der Waals surface area contributed by atoms with E-state index in [-0.39, 0.29) is 17.9 Å². The number of para-hydroxylation sites is 1. The number of hydrogen-bond donors (Lipinski definition) is 1. The Morgan fingerprint density at radius 3 is 2.94 bits per heavy atom.